The summed E-state index contributed by atoms with van der Waals surface area (Å²) in [6, 6.07) is 17.6. The molecule has 2 N–H and O–H groups in total. The van der Waals surface area contributed by atoms with Crippen LogP contribution in [0.3, 0.4) is 0 Å². The van der Waals surface area contributed by atoms with E-state index in [4.69, 9.17) is 0 Å². The fraction of sp³-hybridized carbons (Fsp3) is 0.0952. The fourth-order valence-corrected chi connectivity index (χ4v) is 3.02. The van der Waals surface area contributed by atoms with Crippen LogP contribution >= 0.6 is 0 Å². The van der Waals surface area contributed by atoms with Gasteiger partial charge in [0.05, 0.1) is 18.3 Å². The Morgan fingerprint density at radius 3 is 2.70 bits per heavy atom. The number of aromatic nitrogens is 3. The van der Waals surface area contributed by atoms with Crippen LogP contribution in [0.4, 0.5) is 11.5 Å². The quantitative estimate of drug-likeness (QED) is 0.558. The lowest BCUT2D eigenvalue weighted by atomic mass is 10.2. The molecule has 0 aliphatic heterocycles. The zero-order chi connectivity index (χ0) is 18.8. The maximum Gasteiger partial charge on any atom is 0.339 e. The molecule has 27 heavy (non-hydrogen) atoms. The number of benzene rings is 2. The summed E-state index contributed by atoms with van der Waals surface area (Å²) in [5, 5.41) is 17.9. The van der Waals surface area contributed by atoms with Crippen molar-refractivity contribution in [2.24, 2.45) is 0 Å². The van der Waals surface area contributed by atoms with E-state index in [1.807, 2.05) is 54.2 Å². The molecule has 0 saturated heterocycles. The number of carbonyl (C=O) groups is 1. The van der Waals surface area contributed by atoms with Gasteiger partial charge in [-0.3, -0.25) is 4.68 Å². The molecule has 4 rings (SSSR count). The molecule has 4 aromatic rings. The van der Waals surface area contributed by atoms with Crippen LogP contribution in [-0.2, 0) is 6.54 Å². The molecular formula is C21H18N4O2. The minimum absolute atomic E-state index is 0.148. The van der Waals surface area contributed by atoms with E-state index in [2.05, 4.69) is 27.5 Å². The van der Waals surface area contributed by atoms with Gasteiger partial charge in [0.1, 0.15) is 11.4 Å². The fourth-order valence-electron chi connectivity index (χ4n) is 3.02. The molecule has 0 saturated carbocycles. The van der Waals surface area contributed by atoms with Crippen LogP contribution in [-0.4, -0.2) is 25.8 Å². The summed E-state index contributed by atoms with van der Waals surface area (Å²) in [4.78, 5) is 15.7. The van der Waals surface area contributed by atoms with Gasteiger partial charge in [-0.1, -0.05) is 30.3 Å². The third kappa shape index (κ3) is 3.50. The normalized spacial score (nSPS) is 10.9. The number of aryl methyl sites for hydroxylation is 1. The molecule has 0 unspecified atom stereocenters. The Bertz CT molecular complexity index is 1120. The molecule has 6 nitrogen and oxygen atoms in total. The number of hydrogen-bond acceptors (Lipinski definition) is 4. The van der Waals surface area contributed by atoms with Crippen LogP contribution in [0, 0.1) is 6.92 Å². The first-order valence-electron chi connectivity index (χ1n) is 8.56. The summed E-state index contributed by atoms with van der Waals surface area (Å²) < 4.78 is 1.95. The minimum Gasteiger partial charge on any atom is -0.478 e. The number of nitrogens with zero attached hydrogens (tertiary/aromatic N) is 3. The SMILES string of the molecule is Cc1cnc(Nc2ccc3c(cnn3Cc3ccccc3)c2)c(C(=O)O)c1. The van der Waals surface area contributed by atoms with Gasteiger partial charge in [0.2, 0.25) is 0 Å². The van der Waals surface area contributed by atoms with Gasteiger partial charge in [-0.15, -0.1) is 0 Å². The van der Waals surface area contributed by atoms with Crippen molar-refractivity contribution in [1.29, 1.82) is 0 Å². The Kier molecular flexibility index (Phi) is 4.30. The molecule has 134 valence electrons. The second kappa shape index (κ2) is 6.92. The van der Waals surface area contributed by atoms with Crippen molar-refractivity contribution < 1.29 is 9.90 Å². The minimum atomic E-state index is -1.01. The van der Waals surface area contributed by atoms with Crippen molar-refractivity contribution in [3.05, 3.63) is 83.7 Å². The first-order chi connectivity index (χ1) is 13.1. The number of pyridine rings is 1. The van der Waals surface area contributed by atoms with Gasteiger partial charge < -0.3 is 10.4 Å². The van der Waals surface area contributed by atoms with Crippen molar-refractivity contribution in [1.82, 2.24) is 14.8 Å². The zero-order valence-corrected chi connectivity index (χ0v) is 14.8. The highest BCUT2D eigenvalue weighted by Gasteiger charge is 2.13. The molecular weight excluding hydrogens is 340 g/mol. The predicted octanol–water partition coefficient (Wildman–Crippen LogP) is 4.23. The second-order valence-electron chi connectivity index (χ2n) is 6.40. The molecule has 0 bridgehead atoms. The van der Waals surface area contributed by atoms with Crippen molar-refractivity contribution in [2.75, 3.05) is 5.32 Å². The monoisotopic (exact) mass is 358 g/mol. The predicted molar refractivity (Wildman–Crippen MR) is 104 cm³/mol. The molecule has 0 spiro atoms. The third-order valence-corrected chi connectivity index (χ3v) is 4.33. The number of nitrogens with one attached hydrogen (secondary N) is 1. The van der Waals surface area contributed by atoms with Gasteiger partial charge in [-0.05, 0) is 42.3 Å². The van der Waals surface area contributed by atoms with Crippen LogP contribution in [0.1, 0.15) is 21.5 Å². The van der Waals surface area contributed by atoms with Crippen LogP contribution in [0.15, 0.2) is 67.0 Å². The molecule has 0 aliphatic carbocycles. The molecule has 0 atom stereocenters. The Morgan fingerprint density at radius 1 is 1.11 bits per heavy atom. The van der Waals surface area contributed by atoms with Gasteiger partial charge >= 0.3 is 5.97 Å². The maximum absolute atomic E-state index is 11.5. The maximum atomic E-state index is 11.5. The lowest BCUT2D eigenvalue weighted by Crippen LogP contribution is -2.05. The highest BCUT2D eigenvalue weighted by molar-refractivity contribution is 5.94. The van der Waals surface area contributed by atoms with E-state index in [-0.39, 0.29) is 5.56 Å². The summed E-state index contributed by atoms with van der Waals surface area (Å²) >= 11 is 0. The number of fused-ring (bicyclic) bond motifs is 1. The first kappa shape index (κ1) is 16.8. The Morgan fingerprint density at radius 2 is 1.93 bits per heavy atom. The highest BCUT2D eigenvalue weighted by Crippen LogP contribution is 2.24. The average molecular weight is 358 g/mol. The van der Waals surface area contributed by atoms with Crippen LogP contribution in [0.2, 0.25) is 0 Å². The topological polar surface area (TPSA) is 80.0 Å². The first-order valence-corrected chi connectivity index (χ1v) is 8.56. The van der Waals surface area contributed by atoms with E-state index < -0.39 is 5.97 Å². The highest BCUT2D eigenvalue weighted by atomic mass is 16.4. The Labute approximate surface area is 156 Å². The number of aromatic carboxylic acids is 1. The van der Waals surface area contributed by atoms with Crippen LogP contribution < -0.4 is 5.32 Å². The van der Waals surface area contributed by atoms with E-state index in [0.717, 1.165) is 22.2 Å². The lowest BCUT2D eigenvalue weighted by Gasteiger charge is -2.10. The van der Waals surface area contributed by atoms with Gasteiger partial charge in [0.25, 0.3) is 0 Å². The van der Waals surface area contributed by atoms with Crippen molar-refractivity contribution in [2.45, 2.75) is 13.5 Å². The molecule has 0 fully saturated rings. The molecule has 6 heteroatoms. The summed E-state index contributed by atoms with van der Waals surface area (Å²) in [6.45, 7) is 2.51. The van der Waals surface area contributed by atoms with E-state index in [0.29, 0.717) is 12.4 Å². The van der Waals surface area contributed by atoms with Crippen LogP contribution in [0.5, 0.6) is 0 Å². The van der Waals surface area contributed by atoms with E-state index in [1.54, 1.807) is 12.3 Å². The summed E-state index contributed by atoms with van der Waals surface area (Å²) in [5.41, 5.74) is 3.91. The van der Waals surface area contributed by atoms with Crippen molar-refractivity contribution in [3.8, 4) is 0 Å². The third-order valence-electron chi connectivity index (χ3n) is 4.33. The number of carboxylic acid groups (broad SMARTS) is 1. The van der Waals surface area contributed by atoms with Gasteiger partial charge in [0, 0.05) is 17.3 Å². The van der Waals surface area contributed by atoms with E-state index in [1.165, 1.54) is 5.56 Å². The summed E-state index contributed by atoms with van der Waals surface area (Å²) in [5.74, 6) is -0.686. The zero-order valence-electron chi connectivity index (χ0n) is 14.8. The number of anilines is 2. The summed E-state index contributed by atoms with van der Waals surface area (Å²) in [6.07, 6.45) is 3.45. The number of rotatable bonds is 5. The average Bonchev–Trinajstić information content (AvgIpc) is 3.06. The number of carboxylic acids is 1. The summed E-state index contributed by atoms with van der Waals surface area (Å²) in [7, 11) is 0. The van der Waals surface area contributed by atoms with E-state index >= 15 is 0 Å². The molecule has 0 radical (unpaired) electrons. The Hall–Kier alpha value is -3.67. The van der Waals surface area contributed by atoms with Crippen molar-refractivity contribution in [3.63, 3.8) is 0 Å². The molecule has 2 aromatic heterocycles. The van der Waals surface area contributed by atoms with Gasteiger partial charge in [-0.2, -0.15) is 5.10 Å². The Balaban J connectivity index is 1.63. The number of hydrogen-bond donors (Lipinski definition) is 2. The molecule has 2 aromatic carbocycles. The standard InChI is InChI=1S/C21H18N4O2/c1-14-9-18(21(26)27)20(22-11-14)24-17-7-8-19-16(10-17)12-23-25(19)13-15-5-3-2-4-6-15/h2-12H,13H2,1H3,(H,22,24)(H,26,27). The van der Waals surface area contributed by atoms with Gasteiger partial charge in [-0.25, -0.2) is 9.78 Å². The largest absolute Gasteiger partial charge is 0.478 e. The lowest BCUT2D eigenvalue weighted by molar-refractivity contribution is 0.0697. The van der Waals surface area contributed by atoms with Gasteiger partial charge in [0.15, 0.2) is 0 Å². The molecule has 0 aliphatic rings. The second-order valence-corrected chi connectivity index (χ2v) is 6.40. The molecule has 0 amide bonds. The smallest absolute Gasteiger partial charge is 0.339 e. The van der Waals surface area contributed by atoms with E-state index in [9.17, 15) is 9.90 Å². The van der Waals surface area contributed by atoms with Crippen molar-refractivity contribution >= 4 is 28.4 Å². The molecule has 2 heterocycles. The van der Waals surface area contributed by atoms with Crippen LogP contribution in [0.25, 0.3) is 10.9 Å².